The predicted octanol–water partition coefficient (Wildman–Crippen LogP) is 4.12. The molecule has 1 aliphatic carbocycles. The summed E-state index contributed by atoms with van der Waals surface area (Å²) in [7, 11) is 0. The molecule has 1 atom stereocenters. The van der Waals surface area contributed by atoms with Gasteiger partial charge in [0.05, 0.1) is 18.0 Å². The fourth-order valence-corrected chi connectivity index (χ4v) is 5.12. The van der Waals surface area contributed by atoms with Gasteiger partial charge in [0.25, 0.3) is 0 Å². The normalized spacial score (nSPS) is 21.2. The first-order chi connectivity index (χ1) is 14.2. The number of rotatable bonds is 3. The van der Waals surface area contributed by atoms with Gasteiger partial charge in [0.15, 0.2) is 0 Å². The number of hydrogen-bond acceptors (Lipinski definition) is 4. The minimum Gasteiger partial charge on any atom is -0.387 e. The van der Waals surface area contributed by atoms with Crippen molar-refractivity contribution in [2.75, 3.05) is 6.54 Å². The van der Waals surface area contributed by atoms with E-state index < -0.39 is 6.10 Å². The number of fused-ring (bicyclic) bond motifs is 2. The number of halogens is 1. The van der Waals surface area contributed by atoms with Crippen LogP contribution in [0.3, 0.4) is 0 Å². The lowest BCUT2D eigenvalue weighted by molar-refractivity contribution is -0.0215. The Morgan fingerprint density at radius 1 is 1.03 bits per heavy atom. The molecule has 1 spiro atoms. The van der Waals surface area contributed by atoms with Crippen LogP contribution in [0, 0.1) is 5.82 Å². The van der Waals surface area contributed by atoms with Gasteiger partial charge >= 0.3 is 0 Å². The number of benzene rings is 2. The summed E-state index contributed by atoms with van der Waals surface area (Å²) in [5.74, 6) is -0.324. The number of hydrogen-bond donors (Lipinski definition) is 1. The second-order valence-corrected chi connectivity index (χ2v) is 8.18. The maximum Gasteiger partial charge on any atom is 0.148 e. The molecule has 1 aromatic heterocycles. The zero-order valence-corrected chi connectivity index (χ0v) is 16.3. The SMILES string of the molecule is OC1CN(Cc2cn(-c3ccccc3F)nn2)C2(CCCCC2)c2ccccc21. The Labute approximate surface area is 169 Å². The predicted molar refractivity (Wildman–Crippen MR) is 108 cm³/mol. The van der Waals surface area contributed by atoms with Crippen LogP contribution in [0.2, 0.25) is 0 Å². The average molecular weight is 392 g/mol. The van der Waals surface area contributed by atoms with Crippen LogP contribution in [-0.2, 0) is 12.1 Å². The molecule has 5 nitrogen and oxygen atoms in total. The summed E-state index contributed by atoms with van der Waals surface area (Å²) < 4.78 is 15.6. The fourth-order valence-electron chi connectivity index (χ4n) is 5.12. The lowest BCUT2D eigenvalue weighted by atomic mass is 9.70. The summed E-state index contributed by atoms with van der Waals surface area (Å²) in [6.45, 7) is 1.16. The molecule has 2 aliphatic rings. The van der Waals surface area contributed by atoms with Crippen molar-refractivity contribution in [3.05, 3.63) is 77.4 Å². The van der Waals surface area contributed by atoms with Gasteiger partial charge < -0.3 is 5.11 Å². The highest BCUT2D eigenvalue weighted by Crippen LogP contribution is 2.48. The van der Waals surface area contributed by atoms with Crippen LogP contribution in [0.15, 0.2) is 54.7 Å². The third-order valence-corrected chi connectivity index (χ3v) is 6.49. The Balaban J connectivity index is 1.49. The van der Waals surface area contributed by atoms with E-state index in [0.717, 1.165) is 24.1 Å². The van der Waals surface area contributed by atoms with Crippen molar-refractivity contribution >= 4 is 0 Å². The van der Waals surface area contributed by atoms with Gasteiger partial charge in [-0.3, -0.25) is 4.90 Å². The largest absolute Gasteiger partial charge is 0.387 e. The Bertz CT molecular complexity index is 1010. The van der Waals surface area contributed by atoms with Crippen molar-refractivity contribution in [1.82, 2.24) is 19.9 Å². The Hall–Kier alpha value is -2.57. The minimum atomic E-state index is -0.514. The summed E-state index contributed by atoms with van der Waals surface area (Å²) in [6, 6.07) is 14.9. The van der Waals surface area contributed by atoms with Crippen molar-refractivity contribution in [3.63, 3.8) is 0 Å². The van der Waals surface area contributed by atoms with Gasteiger partial charge in [-0.2, -0.15) is 0 Å². The molecule has 1 unspecified atom stereocenters. The standard InChI is InChI=1S/C23H25FN4O/c24-20-10-4-5-11-21(20)28-15-17(25-26-28)14-27-16-22(29)18-8-2-3-9-19(18)23(27)12-6-1-7-13-23/h2-5,8-11,15,22,29H,1,6-7,12-14,16H2. The molecule has 1 aliphatic heterocycles. The van der Waals surface area contributed by atoms with Crippen LogP contribution in [-0.4, -0.2) is 31.5 Å². The number of para-hydroxylation sites is 1. The zero-order valence-electron chi connectivity index (χ0n) is 16.3. The monoisotopic (exact) mass is 392 g/mol. The Kier molecular flexibility index (Phi) is 4.68. The van der Waals surface area contributed by atoms with Crippen LogP contribution in [0.1, 0.15) is 55.0 Å². The Morgan fingerprint density at radius 3 is 2.62 bits per heavy atom. The maximum atomic E-state index is 14.1. The molecule has 3 aromatic rings. The van der Waals surface area contributed by atoms with E-state index in [4.69, 9.17) is 0 Å². The van der Waals surface area contributed by atoms with Crippen molar-refractivity contribution in [2.24, 2.45) is 0 Å². The molecule has 1 fully saturated rings. The molecular weight excluding hydrogens is 367 g/mol. The van der Waals surface area contributed by atoms with Gasteiger partial charge in [-0.05, 0) is 36.1 Å². The van der Waals surface area contributed by atoms with Crippen LogP contribution in [0.4, 0.5) is 4.39 Å². The molecule has 29 heavy (non-hydrogen) atoms. The molecule has 1 N–H and O–H groups in total. The topological polar surface area (TPSA) is 54.2 Å². The van der Waals surface area contributed by atoms with E-state index in [9.17, 15) is 9.50 Å². The second kappa shape index (κ2) is 7.35. The van der Waals surface area contributed by atoms with Gasteiger partial charge in [-0.1, -0.05) is 60.9 Å². The van der Waals surface area contributed by atoms with Crippen LogP contribution in [0.25, 0.3) is 5.69 Å². The minimum absolute atomic E-state index is 0.0736. The third kappa shape index (κ3) is 3.16. The quantitative estimate of drug-likeness (QED) is 0.729. The first kappa shape index (κ1) is 18.5. The molecule has 0 saturated heterocycles. The molecule has 0 radical (unpaired) electrons. The Morgan fingerprint density at radius 2 is 1.79 bits per heavy atom. The van der Waals surface area contributed by atoms with Gasteiger partial charge in [0, 0.05) is 18.6 Å². The molecule has 6 heteroatoms. The fraction of sp³-hybridized carbons (Fsp3) is 0.391. The maximum absolute atomic E-state index is 14.1. The smallest absolute Gasteiger partial charge is 0.148 e. The molecule has 0 bridgehead atoms. The van der Waals surface area contributed by atoms with E-state index in [1.807, 2.05) is 6.07 Å². The molecule has 1 saturated carbocycles. The van der Waals surface area contributed by atoms with Crippen LogP contribution in [0.5, 0.6) is 0 Å². The van der Waals surface area contributed by atoms with Crippen molar-refractivity contribution in [2.45, 2.75) is 50.3 Å². The summed E-state index contributed by atoms with van der Waals surface area (Å²) in [5, 5.41) is 19.3. The highest BCUT2D eigenvalue weighted by molar-refractivity contribution is 5.39. The molecular formula is C23H25FN4O. The molecule has 150 valence electrons. The number of β-amino-alcohol motifs (C(OH)–C–C–N with tert-alkyl or cyclic N) is 1. The average Bonchev–Trinajstić information content (AvgIpc) is 3.21. The van der Waals surface area contributed by atoms with Crippen LogP contribution >= 0.6 is 0 Å². The van der Waals surface area contributed by atoms with Crippen molar-refractivity contribution in [1.29, 1.82) is 0 Å². The first-order valence-corrected chi connectivity index (χ1v) is 10.4. The third-order valence-electron chi connectivity index (χ3n) is 6.49. The number of nitrogens with zero attached hydrogens (tertiary/aromatic N) is 4. The van der Waals surface area contributed by atoms with E-state index in [1.54, 1.807) is 24.4 Å². The van der Waals surface area contributed by atoms with Crippen molar-refractivity contribution < 1.29 is 9.50 Å². The summed E-state index contributed by atoms with van der Waals surface area (Å²) in [5.41, 5.74) is 3.41. The summed E-state index contributed by atoms with van der Waals surface area (Å²) in [4.78, 5) is 2.37. The second-order valence-electron chi connectivity index (χ2n) is 8.18. The van der Waals surface area contributed by atoms with E-state index in [1.165, 1.54) is 35.6 Å². The van der Waals surface area contributed by atoms with Crippen LogP contribution < -0.4 is 0 Å². The summed E-state index contributed by atoms with van der Waals surface area (Å²) >= 11 is 0. The van der Waals surface area contributed by atoms with Gasteiger partial charge in [0.2, 0.25) is 0 Å². The van der Waals surface area contributed by atoms with Gasteiger partial charge in [-0.25, -0.2) is 9.07 Å². The van der Waals surface area contributed by atoms with E-state index in [0.29, 0.717) is 18.8 Å². The number of aromatic nitrogens is 3. The highest BCUT2D eigenvalue weighted by atomic mass is 19.1. The van der Waals surface area contributed by atoms with Gasteiger partial charge in [0.1, 0.15) is 11.5 Å². The van der Waals surface area contributed by atoms with E-state index in [-0.39, 0.29) is 11.4 Å². The zero-order chi connectivity index (χ0) is 19.8. The first-order valence-electron chi connectivity index (χ1n) is 10.4. The number of aliphatic hydroxyl groups excluding tert-OH is 1. The summed E-state index contributed by atoms with van der Waals surface area (Å²) in [6.07, 6.45) is 7.06. The number of aliphatic hydroxyl groups is 1. The molecule has 2 heterocycles. The van der Waals surface area contributed by atoms with Crippen molar-refractivity contribution in [3.8, 4) is 5.69 Å². The highest BCUT2D eigenvalue weighted by Gasteiger charge is 2.45. The van der Waals surface area contributed by atoms with Gasteiger partial charge in [-0.15, -0.1) is 5.10 Å². The molecule has 0 amide bonds. The van der Waals surface area contributed by atoms with E-state index in [2.05, 4.69) is 33.4 Å². The lowest BCUT2D eigenvalue weighted by Gasteiger charge is -2.51. The molecule has 2 aromatic carbocycles. The lowest BCUT2D eigenvalue weighted by Crippen LogP contribution is -2.52. The van der Waals surface area contributed by atoms with E-state index >= 15 is 0 Å². The molecule has 5 rings (SSSR count).